The first-order valence-electron chi connectivity index (χ1n) is 2.52. The fraction of sp³-hybridized carbons (Fsp3) is 1.00. The van der Waals surface area contributed by atoms with E-state index in [1.165, 1.54) is 0 Å². The average molecular weight is 119 g/mol. The van der Waals surface area contributed by atoms with Gasteiger partial charge in [-0.05, 0) is 20.8 Å². The summed E-state index contributed by atoms with van der Waals surface area (Å²) in [6.07, 6.45) is 0. The van der Waals surface area contributed by atoms with Crippen molar-refractivity contribution in [2.75, 3.05) is 6.79 Å². The molecule has 0 atom stereocenters. The number of hydrogen-bond acceptors (Lipinski definition) is 3. The molecule has 0 spiro atoms. The Hall–Kier alpha value is -0.120. The van der Waals surface area contributed by atoms with Crippen molar-refractivity contribution in [3.05, 3.63) is 0 Å². The van der Waals surface area contributed by atoms with Crippen molar-refractivity contribution in [2.45, 2.75) is 26.4 Å². The highest BCUT2D eigenvalue weighted by atomic mass is 16.7. The van der Waals surface area contributed by atoms with E-state index in [0.29, 0.717) is 0 Å². The van der Waals surface area contributed by atoms with Crippen LogP contribution in [0, 0.1) is 0 Å². The second-order valence-electron chi connectivity index (χ2n) is 2.54. The molecule has 0 amide bonds. The largest absolute Gasteiger partial charge is 0.348 e. The second-order valence-corrected chi connectivity index (χ2v) is 2.54. The zero-order chi connectivity index (χ0) is 6.62. The number of hydrogen-bond donors (Lipinski definition) is 1. The van der Waals surface area contributed by atoms with E-state index in [-0.39, 0.29) is 12.4 Å². The number of ether oxygens (including phenoxy) is 1. The smallest absolute Gasteiger partial charge is 0.167 e. The fourth-order valence-corrected chi connectivity index (χ4v) is 0.211. The molecule has 0 aliphatic carbocycles. The van der Waals surface area contributed by atoms with Crippen LogP contribution in [0.2, 0.25) is 0 Å². The summed E-state index contributed by atoms with van der Waals surface area (Å²) in [6, 6.07) is 0. The standard InChI is InChI=1S/C5H13NO2/c1-5(2,3)7-4-8-6/h4,6H2,1-3H3. The van der Waals surface area contributed by atoms with Crippen LogP contribution >= 0.6 is 0 Å². The van der Waals surface area contributed by atoms with Gasteiger partial charge in [0, 0.05) is 0 Å². The predicted octanol–water partition coefficient (Wildman–Crippen LogP) is 0.649. The number of rotatable bonds is 2. The fourth-order valence-electron chi connectivity index (χ4n) is 0.211. The van der Waals surface area contributed by atoms with E-state index in [1.807, 2.05) is 20.8 Å². The van der Waals surface area contributed by atoms with Crippen LogP contribution in [0.1, 0.15) is 20.8 Å². The molecule has 0 bridgehead atoms. The first kappa shape index (κ1) is 7.88. The molecule has 8 heavy (non-hydrogen) atoms. The van der Waals surface area contributed by atoms with Crippen LogP contribution in [0.15, 0.2) is 0 Å². The Bertz CT molecular complexity index is 57.9. The average Bonchev–Trinajstić information content (AvgIpc) is 1.59. The Kier molecular flexibility index (Phi) is 2.97. The lowest BCUT2D eigenvalue weighted by Gasteiger charge is -2.17. The molecule has 50 valence electrons. The molecular formula is C5H13NO2. The summed E-state index contributed by atoms with van der Waals surface area (Å²) in [5.74, 6) is 4.71. The maximum atomic E-state index is 5.03. The lowest BCUT2D eigenvalue weighted by atomic mass is 10.2. The van der Waals surface area contributed by atoms with Crippen molar-refractivity contribution in [3.63, 3.8) is 0 Å². The normalized spacial score (nSPS) is 12.0. The number of nitrogens with two attached hydrogens (primary N) is 1. The van der Waals surface area contributed by atoms with Crippen LogP contribution in [0.25, 0.3) is 0 Å². The minimum absolute atomic E-state index is 0.153. The molecule has 0 aromatic heterocycles. The Balaban J connectivity index is 3.11. The molecule has 3 heteroatoms. The zero-order valence-electron chi connectivity index (χ0n) is 5.60. The molecule has 0 radical (unpaired) electrons. The maximum absolute atomic E-state index is 5.03. The Morgan fingerprint density at radius 3 is 2.00 bits per heavy atom. The van der Waals surface area contributed by atoms with Crippen molar-refractivity contribution < 1.29 is 9.57 Å². The molecule has 3 nitrogen and oxygen atoms in total. The van der Waals surface area contributed by atoms with Gasteiger partial charge in [-0.1, -0.05) is 0 Å². The van der Waals surface area contributed by atoms with Gasteiger partial charge in [-0.15, -0.1) is 0 Å². The molecule has 0 aliphatic rings. The zero-order valence-corrected chi connectivity index (χ0v) is 5.60. The van der Waals surface area contributed by atoms with Gasteiger partial charge >= 0.3 is 0 Å². The van der Waals surface area contributed by atoms with Crippen LogP contribution in [0.5, 0.6) is 0 Å². The third-order valence-electron chi connectivity index (χ3n) is 0.560. The monoisotopic (exact) mass is 119 g/mol. The molecule has 0 saturated heterocycles. The van der Waals surface area contributed by atoms with E-state index in [1.54, 1.807) is 0 Å². The summed E-state index contributed by atoms with van der Waals surface area (Å²) < 4.78 is 5.03. The van der Waals surface area contributed by atoms with E-state index in [0.717, 1.165) is 0 Å². The van der Waals surface area contributed by atoms with Crippen LogP contribution in [0.3, 0.4) is 0 Å². The van der Waals surface area contributed by atoms with Crippen molar-refractivity contribution in [3.8, 4) is 0 Å². The summed E-state index contributed by atoms with van der Waals surface area (Å²) in [7, 11) is 0. The van der Waals surface area contributed by atoms with Gasteiger partial charge in [0.1, 0.15) is 0 Å². The van der Waals surface area contributed by atoms with E-state index in [9.17, 15) is 0 Å². The summed E-state index contributed by atoms with van der Waals surface area (Å²) in [5, 5.41) is 0. The maximum Gasteiger partial charge on any atom is 0.167 e. The minimum Gasteiger partial charge on any atom is -0.348 e. The van der Waals surface area contributed by atoms with E-state index in [2.05, 4.69) is 4.84 Å². The SMILES string of the molecule is CC(C)(C)OCON. The van der Waals surface area contributed by atoms with Crippen molar-refractivity contribution in [2.24, 2.45) is 5.90 Å². The molecule has 0 fully saturated rings. The molecular weight excluding hydrogens is 106 g/mol. The summed E-state index contributed by atoms with van der Waals surface area (Å²) in [4.78, 5) is 4.20. The van der Waals surface area contributed by atoms with Crippen LogP contribution in [0.4, 0.5) is 0 Å². The van der Waals surface area contributed by atoms with Gasteiger partial charge in [0.2, 0.25) is 0 Å². The van der Waals surface area contributed by atoms with Crippen LogP contribution < -0.4 is 5.90 Å². The second kappa shape index (κ2) is 3.02. The van der Waals surface area contributed by atoms with Crippen LogP contribution in [-0.4, -0.2) is 12.4 Å². The first-order chi connectivity index (χ1) is 3.56. The topological polar surface area (TPSA) is 44.5 Å². The quantitative estimate of drug-likeness (QED) is 0.428. The van der Waals surface area contributed by atoms with Gasteiger partial charge in [0.15, 0.2) is 6.79 Å². The predicted molar refractivity (Wildman–Crippen MR) is 31.0 cm³/mol. The molecule has 0 aliphatic heterocycles. The van der Waals surface area contributed by atoms with Gasteiger partial charge < -0.3 is 4.74 Å². The molecule has 0 heterocycles. The lowest BCUT2D eigenvalue weighted by molar-refractivity contribution is -0.121. The third-order valence-corrected chi connectivity index (χ3v) is 0.560. The van der Waals surface area contributed by atoms with Crippen molar-refractivity contribution in [1.82, 2.24) is 0 Å². The highest BCUT2D eigenvalue weighted by Crippen LogP contribution is 2.04. The van der Waals surface area contributed by atoms with E-state index < -0.39 is 0 Å². The van der Waals surface area contributed by atoms with Gasteiger partial charge in [-0.25, -0.2) is 5.90 Å². The highest BCUT2D eigenvalue weighted by molar-refractivity contribution is 4.56. The molecule has 2 N–H and O–H groups in total. The molecule has 0 rings (SSSR count). The van der Waals surface area contributed by atoms with E-state index >= 15 is 0 Å². The lowest BCUT2D eigenvalue weighted by Crippen LogP contribution is -2.22. The highest BCUT2D eigenvalue weighted by Gasteiger charge is 2.08. The van der Waals surface area contributed by atoms with Gasteiger partial charge in [0.25, 0.3) is 0 Å². The molecule has 0 aromatic carbocycles. The summed E-state index contributed by atoms with van der Waals surface area (Å²) in [6.45, 7) is 5.97. The molecule has 0 aromatic rings. The van der Waals surface area contributed by atoms with E-state index in [4.69, 9.17) is 10.6 Å². The van der Waals surface area contributed by atoms with Crippen LogP contribution in [-0.2, 0) is 9.57 Å². The Morgan fingerprint density at radius 1 is 1.38 bits per heavy atom. The first-order valence-corrected chi connectivity index (χ1v) is 2.52. The van der Waals surface area contributed by atoms with Gasteiger partial charge in [-0.3, -0.25) is 4.84 Å². The minimum atomic E-state index is -0.153. The van der Waals surface area contributed by atoms with Gasteiger partial charge in [-0.2, -0.15) is 0 Å². The molecule has 0 unspecified atom stereocenters. The van der Waals surface area contributed by atoms with Crippen molar-refractivity contribution >= 4 is 0 Å². The Morgan fingerprint density at radius 2 is 1.88 bits per heavy atom. The molecule has 0 saturated carbocycles. The summed E-state index contributed by atoms with van der Waals surface area (Å²) in [5.41, 5.74) is -0.153. The van der Waals surface area contributed by atoms with Crippen molar-refractivity contribution in [1.29, 1.82) is 0 Å². The third kappa shape index (κ3) is 5.88. The van der Waals surface area contributed by atoms with Gasteiger partial charge in [0.05, 0.1) is 5.60 Å². The Labute approximate surface area is 49.7 Å². The summed E-state index contributed by atoms with van der Waals surface area (Å²) >= 11 is 0.